The van der Waals surface area contributed by atoms with Gasteiger partial charge in [0.25, 0.3) is 0 Å². The van der Waals surface area contributed by atoms with Gasteiger partial charge in [0, 0.05) is 0 Å². The van der Waals surface area contributed by atoms with E-state index in [4.69, 9.17) is 75.5 Å². The molecule has 0 unspecified atom stereocenters. The first kappa shape index (κ1) is 33.7. The fraction of sp³-hybridized carbons (Fsp3) is 0. The van der Waals surface area contributed by atoms with Gasteiger partial charge in [-0.2, -0.15) is 0 Å². The van der Waals surface area contributed by atoms with Crippen LogP contribution in [0.5, 0.6) is 0 Å². The third-order valence-corrected chi connectivity index (χ3v) is 7.03. The molecule has 0 radical (unpaired) electrons. The topological polar surface area (TPSA) is 152 Å². The Bertz CT molecular complexity index is 1070. The molecule has 22 heteroatoms. The molecule has 0 saturated heterocycles. The largest absolute Gasteiger partial charge is 0.389 e. The summed E-state index contributed by atoms with van der Waals surface area (Å²) in [7, 11) is 0. The first-order chi connectivity index (χ1) is 20.5. The number of hydrogen-bond donors (Lipinski definition) is 8. The Balaban J connectivity index is 0.000000230. The number of thiocarbonyl (C=S) groups is 4. The number of hydrogen-bond acceptors (Lipinski definition) is 18. The maximum atomic E-state index is 5.24. The van der Waals surface area contributed by atoms with Crippen molar-refractivity contribution in [3.05, 3.63) is 96.9 Å². The van der Waals surface area contributed by atoms with Gasteiger partial charge in [-0.15, -0.1) is 0 Å². The van der Waals surface area contributed by atoms with Crippen molar-refractivity contribution in [3.63, 3.8) is 0 Å². The molecule has 4 aliphatic heterocycles. The van der Waals surface area contributed by atoms with Crippen LogP contribution in [0.1, 0.15) is 0 Å². The van der Waals surface area contributed by atoms with Gasteiger partial charge in [0.1, 0.15) is 48.3 Å². The van der Waals surface area contributed by atoms with Crippen molar-refractivity contribution in [3.8, 4) is 0 Å². The van der Waals surface area contributed by atoms with E-state index in [1.54, 1.807) is 48.6 Å². The van der Waals surface area contributed by atoms with Crippen LogP contribution in [0.25, 0.3) is 0 Å². The summed E-state index contributed by atoms with van der Waals surface area (Å²) in [5, 5.41) is 11.5. The molecule has 0 aliphatic carbocycles. The van der Waals surface area contributed by atoms with E-state index in [1.807, 2.05) is 0 Å². The van der Waals surface area contributed by atoms with E-state index < -0.39 is 0 Å². The van der Waals surface area contributed by atoms with Gasteiger partial charge in [-0.25, -0.2) is 29.2 Å². The zero-order chi connectivity index (χ0) is 29.8. The Kier molecular flexibility index (Phi) is 16.2. The van der Waals surface area contributed by atoms with Gasteiger partial charge in [-0.3, -0.25) is 0 Å². The van der Waals surface area contributed by atoms with Crippen LogP contribution in [0.3, 0.4) is 0 Å². The van der Waals surface area contributed by atoms with Gasteiger partial charge in [-0.1, -0.05) is 48.9 Å². The monoisotopic (exact) mass is 724 g/mol. The number of rotatable bonds is 8. The van der Waals surface area contributed by atoms with E-state index in [0.29, 0.717) is 40.6 Å². The first-order valence-electron chi connectivity index (χ1n) is 10.9. The predicted octanol–water partition coefficient (Wildman–Crippen LogP) is 3.66. The van der Waals surface area contributed by atoms with Gasteiger partial charge < -0.3 is 40.6 Å². The van der Waals surface area contributed by atoms with E-state index in [-0.39, 0.29) is 0 Å². The van der Waals surface area contributed by atoms with Gasteiger partial charge in [0.05, 0.1) is 48.2 Å². The van der Waals surface area contributed by atoms with E-state index in [9.17, 15) is 0 Å². The molecule has 0 amide bonds. The van der Waals surface area contributed by atoms with Crippen LogP contribution >= 0.6 is 97.0 Å². The molecular weight excluding hydrogens is 705 g/mol. The summed E-state index contributed by atoms with van der Waals surface area (Å²) in [6, 6.07) is 0. The highest BCUT2D eigenvalue weighted by atomic mass is 32.3. The van der Waals surface area contributed by atoms with Crippen LogP contribution < -0.4 is 43.2 Å². The second-order valence-electron chi connectivity index (χ2n) is 6.63. The Morgan fingerprint density at radius 2 is 0.714 bits per heavy atom. The molecule has 4 aliphatic rings. The van der Waals surface area contributed by atoms with E-state index >= 15 is 0 Å². The highest BCUT2D eigenvalue weighted by Crippen LogP contribution is 2.18. The molecule has 42 heavy (non-hydrogen) atoms. The van der Waals surface area contributed by atoms with Crippen molar-refractivity contribution < 1.29 is 26.6 Å². The molecule has 0 fully saturated rings. The second kappa shape index (κ2) is 20.2. The maximum Gasteiger partial charge on any atom is 0.168 e. The molecule has 14 nitrogen and oxygen atoms in total. The van der Waals surface area contributed by atoms with Crippen LogP contribution in [0.2, 0.25) is 0 Å². The summed E-state index contributed by atoms with van der Waals surface area (Å²) in [4.78, 5) is 19.5. The van der Waals surface area contributed by atoms with E-state index in [2.05, 4.69) is 43.2 Å². The van der Waals surface area contributed by atoms with Crippen molar-refractivity contribution >= 4 is 114 Å². The van der Waals surface area contributed by atoms with Gasteiger partial charge in [-0.05, 0) is 48.6 Å². The van der Waals surface area contributed by atoms with Crippen LogP contribution in [0.4, 0.5) is 0 Å². The molecule has 4 rings (SSSR count). The SMILES string of the molecule is S=C(NC1=CC=CON1)SOSC(=S)NC1=CC=CON1.S=C(NC1=CC=CON1)SOSC(=S)NC1=CC=CON1. The minimum atomic E-state index is 0.407. The summed E-state index contributed by atoms with van der Waals surface area (Å²) in [6.07, 6.45) is 20.0. The van der Waals surface area contributed by atoms with Crippen molar-refractivity contribution in [2.75, 3.05) is 0 Å². The lowest BCUT2D eigenvalue weighted by Gasteiger charge is -2.15. The third-order valence-electron chi connectivity index (χ3n) is 3.70. The number of hydroxylamine groups is 4. The van der Waals surface area contributed by atoms with E-state index in [1.165, 1.54) is 25.0 Å². The fourth-order valence-corrected chi connectivity index (χ4v) is 5.48. The molecule has 224 valence electrons. The highest BCUT2D eigenvalue weighted by molar-refractivity contribution is 8.30. The van der Waals surface area contributed by atoms with Crippen LogP contribution in [-0.4, -0.2) is 17.3 Å². The average molecular weight is 725 g/mol. The predicted molar refractivity (Wildman–Crippen MR) is 181 cm³/mol. The smallest absolute Gasteiger partial charge is 0.168 e. The fourth-order valence-electron chi connectivity index (χ4n) is 2.17. The minimum Gasteiger partial charge on any atom is -0.389 e. The molecule has 0 aromatic carbocycles. The summed E-state index contributed by atoms with van der Waals surface area (Å²) in [5.41, 5.74) is 10.5. The van der Waals surface area contributed by atoms with Crippen molar-refractivity contribution in [1.82, 2.24) is 43.2 Å². The molecule has 0 spiro atoms. The van der Waals surface area contributed by atoms with Crippen molar-refractivity contribution in [2.24, 2.45) is 0 Å². The highest BCUT2D eigenvalue weighted by Gasteiger charge is 2.09. The lowest BCUT2D eigenvalue weighted by atomic mass is 10.5. The molecule has 4 heterocycles. The molecule has 0 atom stereocenters. The summed E-state index contributed by atoms with van der Waals surface area (Å²) >= 11 is 24.2. The van der Waals surface area contributed by atoms with Crippen LogP contribution in [0, 0.1) is 0 Å². The summed E-state index contributed by atoms with van der Waals surface area (Å²) in [6.45, 7) is 0. The summed E-state index contributed by atoms with van der Waals surface area (Å²) < 4.78 is 12.1. The zero-order valence-corrected chi connectivity index (χ0v) is 27.2. The Hall–Kier alpha value is -2.80. The lowest BCUT2D eigenvalue weighted by Crippen LogP contribution is -2.30. The van der Waals surface area contributed by atoms with Crippen LogP contribution in [0.15, 0.2) is 96.9 Å². The Labute approximate surface area is 279 Å². The van der Waals surface area contributed by atoms with E-state index in [0.717, 1.165) is 48.2 Å². The Morgan fingerprint density at radius 3 is 0.905 bits per heavy atom. The van der Waals surface area contributed by atoms with Crippen molar-refractivity contribution in [1.29, 1.82) is 0 Å². The lowest BCUT2D eigenvalue weighted by molar-refractivity contribution is 0.155. The normalized spacial score (nSPS) is 15.4. The van der Waals surface area contributed by atoms with Gasteiger partial charge in [0.15, 0.2) is 17.3 Å². The molecule has 0 aromatic heterocycles. The minimum absolute atomic E-state index is 0.407. The molecule has 0 bridgehead atoms. The quantitative estimate of drug-likeness (QED) is 0.136. The summed E-state index contributed by atoms with van der Waals surface area (Å²) in [5.74, 6) is 2.46. The van der Waals surface area contributed by atoms with Crippen LogP contribution in [-0.2, 0) is 26.6 Å². The molecule has 0 aromatic rings. The number of nitrogens with one attached hydrogen (secondary N) is 8. The van der Waals surface area contributed by atoms with Gasteiger partial charge >= 0.3 is 0 Å². The molecule has 8 N–H and O–H groups in total. The average Bonchev–Trinajstić information content (AvgIpc) is 2.99. The second-order valence-corrected chi connectivity index (χ2v) is 12.7. The Morgan fingerprint density at radius 1 is 0.476 bits per heavy atom. The molecule has 0 saturated carbocycles. The standard InChI is InChI=1S/2C10H10N4O3S4/c2*18-9(11-7-3-1-5-15-13-7)20-17-21-10(19)12-8-4-2-6-16-14-8/h2*1-6,13-14H,(H,11,18)(H,12,19). The van der Waals surface area contributed by atoms with Gasteiger partial charge in [0.2, 0.25) is 0 Å². The first-order valence-corrected chi connectivity index (χ1v) is 15.5. The maximum absolute atomic E-state index is 5.24. The third kappa shape index (κ3) is 14.9. The zero-order valence-electron chi connectivity index (χ0n) is 20.6. The molecular formula is C20H20N8O6S8. The number of allylic oxidation sites excluding steroid dienone is 8. The van der Waals surface area contributed by atoms with Crippen molar-refractivity contribution in [2.45, 2.75) is 0 Å².